The molecule has 1 amide bonds. The second-order valence-corrected chi connectivity index (χ2v) is 9.62. The number of nitrogens with zero attached hydrogens (tertiary/aromatic N) is 3. The molecule has 0 spiro atoms. The van der Waals surface area contributed by atoms with E-state index in [0.29, 0.717) is 12.1 Å². The summed E-state index contributed by atoms with van der Waals surface area (Å²) in [6, 6.07) is 20.2. The van der Waals surface area contributed by atoms with Crippen LogP contribution in [-0.2, 0) is 9.53 Å². The first-order chi connectivity index (χ1) is 17.2. The lowest BCUT2D eigenvalue weighted by Crippen LogP contribution is -2.32. The van der Waals surface area contributed by atoms with Crippen molar-refractivity contribution in [1.29, 1.82) is 5.26 Å². The van der Waals surface area contributed by atoms with Gasteiger partial charge in [-0.3, -0.25) is 4.79 Å². The number of para-hydroxylation sites is 1. The van der Waals surface area contributed by atoms with Crippen molar-refractivity contribution in [3.63, 3.8) is 0 Å². The number of hydrogen-bond acceptors (Lipinski definition) is 5. The molecule has 180 valence electrons. The highest BCUT2D eigenvalue weighted by atomic mass is 32.2. The lowest BCUT2D eigenvalue weighted by molar-refractivity contribution is -0.117. The number of carbonyl (C=O) groups excluding carboxylic acids is 1. The van der Waals surface area contributed by atoms with Crippen molar-refractivity contribution in [2.75, 3.05) is 18.9 Å². The Kier molecular flexibility index (Phi) is 8.77. The SMILES string of the molecule is CCCCSc1ccc(-c2nn(-c3ccccc3)cc2C=C(C#N)C(=O)NCC2CCCO2)cc1. The number of aromatic nitrogens is 2. The maximum Gasteiger partial charge on any atom is 0.262 e. The van der Waals surface area contributed by atoms with Gasteiger partial charge in [-0.05, 0) is 55.4 Å². The van der Waals surface area contributed by atoms with Crippen LogP contribution in [-0.4, -0.2) is 40.7 Å². The number of unbranched alkanes of at least 4 members (excludes halogenated alkanes) is 1. The van der Waals surface area contributed by atoms with E-state index in [-0.39, 0.29) is 11.7 Å². The molecule has 2 heterocycles. The number of thioether (sulfide) groups is 1. The van der Waals surface area contributed by atoms with E-state index >= 15 is 0 Å². The molecule has 1 N–H and O–H groups in total. The Bertz CT molecular complexity index is 1190. The highest BCUT2D eigenvalue weighted by molar-refractivity contribution is 7.99. The highest BCUT2D eigenvalue weighted by Crippen LogP contribution is 2.28. The van der Waals surface area contributed by atoms with E-state index in [9.17, 15) is 10.1 Å². The van der Waals surface area contributed by atoms with Gasteiger partial charge in [0.05, 0.1) is 17.5 Å². The van der Waals surface area contributed by atoms with Gasteiger partial charge in [0.2, 0.25) is 0 Å². The first kappa shape index (κ1) is 24.8. The van der Waals surface area contributed by atoms with Crippen molar-refractivity contribution in [1.82, 2.24) is 15.1 Å². The van der Waals surface area contributed by atoms with Crippen molar-refractivity contribution in [3.8, 4) is 23.0 Å². The van der Waals surface area contributed by atoms with E-state index in [1.165, 1.54) is 17.7 Å². The number of nitrogens with one attached hydrogen (secondary N) is 1. The van der Waals surface area contributed by atoms with Gasteiger partial charge < -0.3 is 10.1 Å². The van der Waals surface area contributed by atoms with Gasteiger partial charge in [0.15, 0.2) is 0 Å². The van der Waals surface area contributed by atoms with Crippen LogP contribution in [0.1, 0.15) is 38.2 Å². The van der Waals surface area contributed by atoms with E-state index in [4.69, 9.17) is 9.84 Å². The topological polar surface area (TPSA) is 79.9 Å². The van der Waals surface area contributed by atoms with Crippen LogP contribution >= 0.6 is 11.8 Å². The number of rotatable bonds is 10. The molecule has 3 aromatic rings. The number of ether oxygens (including phenoxy) is 1. The average Bonchev–Trinajstić information content (AvgIpc) is 3.57. The predicted molar refractivity (Wildman–Crippen MR) is 140 cm³/mol. The average molecular weight is 487 g/mol. The summed E-state index contributed by atoms with van der Waals surface area (Å²) in [4.78, 5) is 14.0. The third-order valence-electron chi connectivity index (χ3n) is 5.84. The summed E-state index contributed by atoms with van der Waals surface area (Å²) in [7, 11) is 0. The van der Waals surface area contributed by atoms with Crippen molar-refractivity contribution in [3.05, 3.63) is 71.9 Å². The predicted octanol–water partition coefficient (Wildman–Crippen LogP) is 5.63. The molecule has 1 fully saturated rings. The summed E-state index contributed by atoms with van der Waals surface area (Å²) in [5.74, 6) is 0.697. The Hall–Kier alpha value is -3.34. The minimum absolute atomic E-state index is 0.0176. The third-order valence-corrected chi connectivity index (χ3v) is 6.94. The van der Waals surface area contributed by atoms with Gasteiger partial charge in [-0.2, -0.15) is 10.4 Å². The highest BCUT2D eigenvalue weighted by Gasteiger charge is 2.19. The van der Waals surface area contributed by atoms with Crippen LogP contribution < -0.4 is 5.32 Å². The maximum absolute atomic E-state index is 12.7. The lowest BCUT2D eigenvalue weighted by atomic mass is 10.1. The molecule has 1 aliphatic heterocycles. The number of carbonyl (C=O) groups is 1. The van der Waals surface area contributed by atoms with Crippen LogP contribution in [0.3, 0.4) is 0 Å². The molecule has 4 rings (SSSR count). The lowest BCUT2D eigenvalue weighted by Gasteiger charge is -2.10. The minimum atomic E-state index is -0.399. The Morgan fingerprint density at radius 3 is 2.74 bits per heavy atom. The van der Waals surface area contributed by atoms with Gasteiger partial charge in [0.1, 0.15) is 11.6 Å². The molecular weight excluding hydrogens is 456 g/mol. The summed E-state index contributed by atoms with van der Waals surface area (Å²) < 4.78 is 7.35. The molecule has 0 aliphatic carbocycles. The zero-order valence-corrected chi connectivity index (χ0v) is 20.8. The molecule has 1 atom stereocenters. The third kappa shape index (κ3) is 6.62. The molecule has 2 aromatic carbocycles. The Morgan fingerprint density at radius 2 is 2.06 bits per heavy atom. The molecule has 1 aromatic heterocycles. The van der Waals surface area contributed by atoms with Crippen LogP contribution in [0.25, 0.3) is 23.0 Å². The van der Waals surface area contributed by atoms with E-state index < -0.39 is 5.91 Å². The Balaban J connectivity index is 1.62. The molecule has 0 radical (unpaired) electrons. The summed E-state index contributed by atoms with van der Waals surface area (Å²) in [6.07, 6.45) is 7.79. The summed E-state index contributed by atoms with van der Waals surface area (Å²) in [5.41, 5.74) is 3.32. The van der Waals surface area contributed by atoms with Crippen LogP contribution in [0.2, 0.25) is 0 Å². The minimum Gasteiger partial charge on any atom is -0.376 e. The van der Waals surface area contributed by atoms with Crippen LogP contribution in [0.15, 0.2) is 71.3 Å². The monoisotopic (exact) mass is 486 g/mol. The van der Waals surface area contributed by atoms with Gasteiger partial charge in [-0.1, -0.05) is 43.7 Å². The summed E-state index contributed by atoms with van der Waals surface area (Å²) in [5, 5.41) is 17.4. The van der Waals surface area contributed by atoms with Gasteiger partial charge in [-0.25, -0.2) is 4.68 Å². The standard InChI is InChI=1S/C28H30N4O2S/c1-2-3-16-35-26-13-11-21(12-14-26)27-23(20-32(31-27)24-8-5-4-6-9-24)17-22(18-29)28(33)30-19-25-10-7-15-34-25/h4-6,8-9,11-14,17,20,25H,2-3,7,10,15-16,19H2,1H3,(H,30,33). The Labute approximate surface area is 211 Å². The molecule has 1 unspecified atom stereocenters. The maximum atomic E-state index is 12.7. The van der Waals surface area contributed by atoms with Crippen LogP contribution in [0, 0.1) is 11.3 Å². The smallest absolute Gasteiger partial charge is 0.262 e. The molecule has 7 heteroatoms. The fourth-order valence-electron chi connectivity index (χ4n) is 3.88. The van der Waals surface area contributed by atoms with Crippen LogP contribution in [0.5, 0.6) is 0 Å². The molecule has 35 heavy (non-hydrogen) atoms. The number of benzene rings is 2. The van der Waals surface area contributed by atoms with E-state index in [0.717, 1.165) is 42.1 Å². The Morgan fingerprint density at radius 1 is 1.26 bits per heavy atom. The molecule has 1 saturated heterocycles. The fraction of sp³-hybridized carbons (Fsp3) is 0.321. The van der Waals surface area contributed by atoms with E-state index in [1.54, 1.807) is 10.8 Å². The second kappa shape index (κ2) is 12.4. The fourth-order valence-corrected chi connectivity index (χ4v) is 4.88. The first-order valence-electron chi connectivity index (χ1n) is 12.1. The van der Waals surface area contributed by atoms with Crippen molar-refractivity contribution in [2.45, 2.75) is 43.6 Å². The van der Waals surface area contributed by atoms with E-state index in [2.05, 4.69) is 30.4 Å². The summed E-state index contributed by atoms with van der Waals surface area (Å²) in [6.45, 7) is 3.32. The van der Waals surface area contributed by atoms with Gasteiger partial charge >= 0.3 is 0 Å². The molecule has 0 bridgehead atoms. The quantitative estimate of drug-likeness (QED) is 0.174. The van der Waals surface area contributed by atoms with E-state index in [1.807, 2.05) is 60.4 Å². The van der Waals surface area contributed by atoms with Crippen molar-refractivity contribution >= 4 is 23.7 Å². The zero-order valence-electron chi connectivity index (χ0n) is 19.9. The van der Waals surface area contributed by atoms with Gasteiger partial charge in [0.25, 0.3) is 5.91 Å². The second-order valence-electron chi connectivity index (χ2n) is 8.45. The molecular formula is C28H30N4O2S. The van der Waals surface area contributed by atoms with Crippen molar-refractivity contribution < 1.29 is 9.53 Å². The number of amides is 1. The normalized spacial score (nSPS) is 15.7. The number of hydrogen-bond donors (Lipinski definition) is 1. The molecule has 6 nitrogen and oxygen atoms in total. The van der Waals surface area contributed by atoms with Crippen molar-refractivity contribution in [2.24, 2.45) is 0 Å². The summed E-state index contributed by atoms with van der Waals surface area (Å²) >= 11 is 1.85. The molecule has 0 saturated carbocycles. The molecule has 1 aliphatic rings. The van der Waals surface area contributed by atoms with Gasteiger partial charge in [0, 0.05) is 35.4 Å². The number of nitriles is 1. The first-order valence-corrected chi connectivity index (χ1v) is 13.1. The zero-order chi connectivity index (χ0) is 24.5. The largest absolute Gasteiger partial charge is 0.376 e. The van der Waals surface area contributed by atoms with Crippen LogP contribution in [0.4, 0.5) is 0 Å². The van der Waals surface area contributed by atoms with Gasteiger partial charge in [-0.15, -0.1) is 11.8 Å².